The fraction of sp³-hybridized carbons (Fsp3) is 0.600. The Balaban J connectivity index is 3.24. The minimum atomic E-state index is 0.228. The van der Waals surface area contributed by atoms with Gasteiger partial charge in [-0.3, -0.25) is 0 Å². The van der Waals surface area contributed by atoms with Gasteiger partial charge in [-0.15, -0.1) is 6.58 Å². The van der Waals surface area contributed by atoms with Crippen molar-refractivity contribution in [2.24, 2.45) is 0 Å². The highest BCUT2D eigenvalue weighted by Crippen LogP contribution is 2.11. The Bertz CT molecular complexity index is 136. The van der Waals surface area contributed by atoms with Crippen molar-refractivity contribution in [1.29, 1.82) is 0 Å². The Morgan fingerprint density at radius 2 is 1.82 bits per heavy atom. The predicted octanol–water partition coefficient (Wildman–Crippen LogP) is 2.67. The first-order chi connectivity index (χ1) is 5.16. The van der Waals surface area contributed by atoms with E-state index >= 15 is 0 Å². The molecule has 0 aromatic carbocycles. The maximum atomic E-state index is 8.57. The quantitative estimate of drug-likeness (QED) is 0.583. The molecular formula is C10H18O. The lowest BCUT2D eigenvalue weighted by atomic mass is 10.1. The molecule has 1 N–H and O–H groups in total. The normalized spacial score (nSPS) is 9.64. The maximum absolute atomic E-state index is 8.57. The molecule has 0 saturated carbocycles. The summed E-state index contributed by atoms with van der Waals surface area (Å²) in [6.07, 6.45) is 3.96. The molecule has 1 heteroatoms. The molecule has 0 bridgehead atoms. The molecular weight excluding hydrogens is 136 g/mol. The molecule has 0 heterocycles. The van der Waals surface area contributed by atoms with Crippen molar-refractivity contribution in [2.45, 2.75) is 32.6 Å². The van der Waals surface area contributed by atoms with Crippen LogP contribution in [0.1, 0.15) is 32.6 Å². The molecule has 0 unspecified atom stereocenters. The predicted molar refractivity (Wildman–Crippen MR) is 49.5 cm³/mol. The van der Waals surface area contributed by atoms with E-state index in [1.165, 1.54) is 5.57 Å². The Labute approximate surface area is 69.4 Å². The summed E-state index contributed by atoms with van der Waals surface area (Å²) in [6.45, 7) is 9.94. The minimum absolute atomic E-state index is 0.228. The van der Waals surface area contributed by atoms with Crippen molar-refractivity contribution in [3.8, 4) is 0 Å². The molecule has 0 aliphatic rings. The number of rotatable bonds is 6. The van der Waals surface area contributed by atoms with Crippen LogP contribution in [0.15, 0.2) is 24.3 Å². The van der Waals surface area contributed by atoms with Crippen molar-refractivity contribution < 1.29 is 5.11 Å². The van der Waals surface area contributed by atoms with E-state index in [0.29, 0.717) is 0 Å². The van der Waals surface area contributed by atoms with E-state index in [2.05, 4.69) is 13.2 Å². The summed E-state index contributed by atoms with van der Waals surface area (Å²) in [5, 5.41) is 8.57. The molecule has 0 fully saturated rings. The van der Waals surface area contributed by atoms with Gasteiger partial charge in [-0.2, -0.15) is 0 Å². The second-order valence-electron chi connectivity index (χ2n) is 3.03. The molecule has 0 saturated heterocycles. The largest absolute Gasteiger partial charge is 0.396 e. The maximum Gasteiger partial charge on any atom is 0.0468 e. The summed E-state index contributed by atoms with van der Waals surface area (Å²) >= 11 is 0. The van der Waals surface area contributed by atoms with Gasteiger partial charge in [0, 0.05) is 6.61 Å². The highest BCUT2D eigenvalue weighted by molar-refractivity contribution is 4.96. The van der Waals surface area contributed by atoms with Crippen LogP contribution in [0.25, 0.3) is 0 Å². The van der Waals surface area contributed by atoms with Gasteiger partial charge >= 0.3 is 0 Å². The summed E-state index contributed by atoms with van der Waals surface area (Å²) in [5.41, 5.74) is 2.37. The van der Waals surface area contributed by atoms with Crippen LogP contribution in [0.3, 0.4) is 0 Å². The van der Waals surface area contributed by atoms with Crippen molar-refractivity contribution in [3.05, 3.63) is 24.3 Å². The number of hydrogen-bond donors (Lipinski definition) is 1. The molecule has 64 valence electrons. The van der Waals surface area contributed by atoms with Crippen molar-refractivity contribution in [2.75, 3.05) is 6.61 Å². The Morgan fingerprint density at radius 1 is 1.18 bits per heavy atom. The van der Waals surface area contributed by atoms with Crippen LogP contribution in [0, 0.1) is 0 Å². The first kappa shape index (κ1) is 10.4. The van der Waals surface area contributed by atoms with Gasteiger partial charge in [-0.05, 0) is 32.6 Å². The van der Waals surface area contributed by atoms with Crippen LogP contribution < -0.4 is 0 Å². The van der Waals surface area contributed by atoms with Crippen LogP contribution in [0.4, 0.5) is 0 Å². The second kappa shape index (κ2) is 6.17. The molecule has 0 amide bonds. The first-order valence-electron chi connectivity index (χ1n) is 4.08. The van der Waals surface area contributed by atoms with Crippen molar-refractivity contribution in [3.63, 3.8) is 0 Å². The molecule has 0 aromatic heterocycles. The molecule has 0 aromatic rings. The summed E-state index contributed by atoms with van der Waals surface area (Å²) in [5.74, 6) is 0. The van der Waals surface area contributed by atoms with E-state index < -0.39 is 0 Å². The Hall–Kier alpha value is -0.560. The summed E-state index contributed by atoms with van der Waals surface area (Å²) < 4.78 is 0. The molecule has 0 aliphatic carbocycles. The summed E-state index contributed by atoms with van der Waals surface area (Å²) in [7, 11) is 0. The lowest BCUT2D eigenvalue weighted by Crippen LogP contribution is -1.87. The van der Waals surface area contributed by atoms with E-state index in [4.69, 9.17) is 5.11 Å². The molecule has 0 atom stereocenters. The third-order valence-corrected chi connectivity index (χ3v) is 1.60. The Morgan fingerprint density at radius 3 is 2.27 bits per heavy atom. The van der Waals surface area contributed by atoms with Gasteiger partial charge in [-0.1, -0.05) is 17.7 Å². The zero-order valence-electron chi connectivity index (χ0n) is 7.40. The van der Waals surface area contributed by atoms with Gasteiger partial charge in [0.05, 0.1) is 0 Å². The highest BCUT2D eigenvalue weighted by Gasteiger charge is 1.93. The zero-order valence-corrected chi connectivity index (χ0v) is 7.40. The van der Waals surface area contributed by atoms with Crippen LogP contribution >= 0.6 is 0 Å². The topological polar surface area (TPSA) is 20.2 Å². The standard InChI is InChI=1S/C10H18O/c1-9(2)5-4-6-10(3)7-8-11/h11H,1,3-8H2,2H3. The average Bonchev–Trinajstić information content (AvgIpc) is 1.87. The molecule has 0 aliphatic heterocycles. The van der Waals surface area contributed by atoms with Gasteiger partial charge in [-0.25, -0.2) is 0 Å². The monoisotopic (exact) mass is 154 g/mol. The lowest BCUT2D eigenvalue weighted by molar-refractivity contribution is 0.298. The second-order valence-corrected chi connectivity index (χ2v) is 3.03. The number of aliphatic hydroxyl groups excluding tert-OH is 1. The lowest BCUT2D eigenvalue weighted by Gasteiger charge is -2.02. The summed E-state index contributed by atoms with van der Waals surface area (Å²) in [6, 6.07) is 0. The van der Waals surface area contributed by atoms with Crippen LogP contribution in [0.2, 0.25) is 0 Å². The van der Waals surface area contributed by atoms with Crippen molar-refractivity contribution in [1.82, 2.24) is 0 Å². The van der Waals surface area contributed by atoms with E-state index in [1.807, 2.05) is 6.92 Å². The van der Waals surface area contributed by atoms with Crippen molar-refractivity contribution >= 4 is 0 Å². The smallest absolute Gasteiger partial charge is 0.0468 e. The van der Waals surface area contributed by atoms with Gasteiger partial charge in [0.15, 0.2) is 0 Å². The van der Waals surface area contributed by atoms with Gasteiger partial charge < -0.3 is 5.11 Å². The third kappa shape index (κ3) is 7.34. The molecule has 11 heavy (non-hydrogen) atoms. The molecule has 0 rings (SSSR count). The molecule has 0 spiro atoms. The minimum Gasteiger partial charge on any atom is -0.396 e. The van der Waals surface area contributed by atoms with E-state index in [-0.39, 0.29) is 6.61 Å². The van der Waals surface area contributed by atoms with Crippen LogP contribution in [-0.2, 0) is 0 Å². The zero-order chi connectivity index (χ0) is 8.69. The highest BCUT2D eigenvalue weighted by atomic mass is 16.2. The number of allylic oxidation sites excluding steroid dienone is 1. The third-order valence-electron chi connectivity index (χ3n) is 1.60. The summed E-state index contributed by atoms with van der Waals surface area (Å²) in [4.78, 5) is 0. The van der Waals surface area contributed by atoms with E-state index in [0.717, 1.165) is 31.3 Å². The van der Waals surface area contributed by atoms with Gasteiger partial charge in [0.2, 0.25) is 0 Å². The fourth-order valence-electron chi connectivity index (χ4n) is 0.923. The number of aliphatic hydroxyl groups is 1. The van der Waals surface area contributed by atoms with Crippen LogP contribution in [-0.4, -0.2) is 11.7 Å². The average molecular weight is 154 g/mol. The SMILES string of the molecule is C=C(C)CCCC(=C)CCO. The number of hydrogen-bond acceptors (Lipinski definition) is 1. The van der Waals surface area contributed by atoms with Gasteiger partial charge in [0.25, 0.3) is 0 Å². The molecule has 1 nitrogen and oxygen atoms in total. The fourth-order valence-corrected chi connectivity index (χ4v) is 0.923. The van der Waals surface area contributed by atoms with Crippen LogP contribution in [0.5, 0.6) is 0 Å². The van der Waals surface area contributed by atoms with Gasteiger partial charge in [0.1, 0.15) is 0 Å². The van der Waals surface area contributed by atoms with E-state index in [1.54, 1.807) is 0 Å². The Kier molecular flexibility index (Phi) is 5.86. The first-order valence-corrected chi connectivity index (χ1v) is 4.08. The molecule has 0 radical (unpaired) electrons. The van der Waals surface area contributed by atoms with E-state index in [9.17, 15) is 0 Å².